The second kappa shape index (κ2) is 11.5. The number of nitrogens with zero attached hydrogens (tertiary/aromatic N) is 1. The highest BCUT2D eigenvalue weighted by molar-refractivity contribution is 6.02. The Morgan fingerprint density at radius 2 is 1.68 bits per heavy atom. The minimum Gasteiger partial charge on any atom is -0.493 e. The highest BCUT2D eigenvalue weighted by atomic mass is 16.5. The molecule has 3 aromatic carbocycles. The van der Waals surface area contributed by atoms with Crippen LogP contribution < -0.4 is 15.5 Å². The average Bonchev–Trinajstić information content (AvgIpc) is 2.79. The number of nitrogens with one attached hydrogen (secondary N) is 2. The van der Waals surface area contributed by atoms with Gasteiger partial charge in [0.05, 0.1) is 12.8 Å². The van der Waals surface area contributed by atoms with Crippen molar-refractivity contribution in [3.63, 3.8) is 0 Å². The summed E-state index contributed by atoms with van der Waals surface area (Å²) in [5.41, 5.74) is 4.03. The number of anilines is 1. The van der Waals surface area contributed by atoms with Crippen LogP contribution in [0.15, 0.2) is 71.8 Å². The maximum Gasteiger partial charge on any atom is 0.240 e. The van der Waals surface area contributed by atoms with Crippen molar-refractivity contribution < 1.29 is 14.3 Å². The highest BCUT2D eigenvalue weighted by Gasteiger charge is 2.09. The number of hydrogen-bond donors (Lipinski definition) is 2. The van der Waals surface area contributed by atoms with E-state index in [1.807, 2.05) is 54.6 Å². The minimum atomic E-state index is -0.326. The Kier molecular flexibility index (Phi) is 8.17. The van der Waals surface area contributed by atoms with Gasteiger partial charge in [-0.25, -0.2) is 5.43 Å². The molecule has 0 saturated heterocycles. The van der Waals surface area contributed by atoms with Crippen LogP contribution in [0, 0.1) is 0 Å². The molecule has 160 valence electrons. The molecule has 2 amide bonds. The van der Waals surface area contributed by atoms with Crippen molar-refractivity contribution in [3.8, 4) is 5.75 Å². The second-order valence-electron chi connectivity index (χ2n) is 7.11. The van der Waals surface area contributed by atoms with Gasteiger partial charge >= 0.3 is 0 Å². The van der Waals surface area contributed by atoms with E-state index < -0.39 is 0 Å². The molecule has 6 nitrogen and oxygen atoms in total. The Hall–Kier alpha value is -3.67. The monoisotopic (exact) mass is 417 g/mol. The molecule has 0 spiro atoms. The van der Waals surface area contributed by atoms with Crippen LogP contribution in [0.4, 0.5) is 5.69 Å². The topological polar surface area (TPSA) is 79.8 Å². The molecule has 3 aromatic rings. The van der Waals surface area contributed by atoms with E-state index in [9.17, 15) is 9.59 Å². The third kappa shape index (κ3) is 6.67. The number of rotatable bonds is 10. The smallest absolute Gasteiger partial charge is 0.240 e. The van der Waals surface area contributed by atoms with Crippen molar-refractivity contribution in [2.24, 2.45) is 5.10 Å². The number of benzene rings is 3. The molecule has 0 aliphatic heterocycles. The first kappa shape index (κ1) is 22.0. The van der Waals surface area contributed by atoms with Crippen LogP contribution in [0.25, 0.3) is 10.8 Å². The van der Waals surface area contributed by atoms with Gasteiger partial charge in [-0.15, -0.1) is 0 Å². The predicted octanol–water partition coefficient (Wildman–Crippen LogP) is 4.89. The standard InChI is InChI=1S/C25H27N3O3/c1-2-3-17-31-23-14-13-19-9-7-8-12-21(19)22(23)18-26-28-25(30)16-15-24(29)27-20-10-5-4-6-11-20/h4-14,18H,2-3,15-17H2,1H3,(H,27,29)(H,28,30). The van der Waals surface area contributed by atoms with E-state index in [1.165, 1.54) is 0 Å². The number of carbonyl (C=O) groups is 2. The Bertz CT molecular complexity index is 1050. The van der Waals surface area contributed by atoms with Crippen LogP contribution in [0.5, 0.6) is 5.75 Å². The zero-order valence-electron chi connectivity index (χ0n) is 17.6. The molecule has 2 N–H and O–H groups in total. The van der Waals surface area contributed by atoms with Crippen LogP contribution >= 0.6 is 0 Å². The maximum atomic E-state index is 12.1. The molecule has 0 fully saturated rings. The van der Waals surface area contributed by atoms with Crippen LogP contribution in [0.3, 0.4) is 0 Å². The number of hydrazone groups is 1. The Morgan fingerprint density at radius 3 is 2.48 bits per heavy atom. The van der Waals surface area contributed by atoms with Gasteiger partial charge < -0.3 is 10.1 Å². The minimum absolute atomic E-state index is 0.0470. The number of unbranched alkanes of at least 4 members (excludes halogenated alkanes) is 1. The van der Waals surface area contributed by atoms with Gasteiger partial charge in [0.15, 0.2) is 0 Å². The third-order valence-electron chi connectivity index (χ3n) is 4.71. The zero-order chi connectivity index (χ0) is 21.9. The number of fused-ring (bicyclic) bond motifs is 1. The first-order valence-corrected chi connectivity index (χ1v) is 10.5. The molecule has 31 heavy (non-hydrogen) atoms. The Labute approximate surface area is 182 Å². The molecule has 0 aromatic heterocycles. The van der Waals surface area contributed by atoms with Crippen molar-refractivity contribution in [3.05, 3.63) is 72.3 Å². The first-order chi connectivity index (χ1) is 15.2. The molecule has 0 radical (unpaired) electrons. The van der Waals surface area contributed by atoms with E-state index in [-0.39, 0.29) is 24.7 Å². The van der Waals surface area contributed by atoms with E-state index in [0.717, 1.165) is 34.9 Å². The van der Waals surface area contributed by atoms with Crippen molar-refractivity contribution in [1.82, 2.24) is 5.43 Å². The van der Waals surface area contributed by atoms with Crippen molar-refractivity contribution in [1.29, 1.82) is 0 Å². The first-order valence-electron chi connectivity index (χ1n) is 10.5. The summed E-state index contributed by atoms with van der Waals surface area (Å²) in [6.07, 6.45) is 3.74. The van der Waals surface area contributed by atoms with E-state index in [1.54, 1.807) is 18.3 Å². The summed E-state index contributed by atoms with van der Waals surface area (Å²) in [7, 11) is 0. The lowest BCUT2D eigenvalue weighted by Crippen LogP contribution is -2.20. The van der Waals surface area contributed by atoms with Crippen LogP contribution in [-0.4, -0.2) is 24.6 Å². The molecule has 3 rings (SSSR count). The maximum absolute atomic E-state index is 12.1. The molecule has 6 heteroatoms. The van der Waals surface area contributed by atoms with Gasteiger partial charge in [0.25, 0.3) is 0 Å². The molecular weight excluding hydrogens is 390 g/mol. The van der Waals surface area contributed by atoms with Gasteiger partial charge in [0.1, 0.15) is 5.75 Å². The molecule has 0 aliphatic rings. The summed E-state index contributed by atoms with van der Waals surface area (Å²) in [6, 6.07) is 21.0. The van der Waals surface area contributed by atoms with Crippen molar-refractivity contribution in [2.75, 3.05) is 11.9 Å². The van der Waals surface area contributed by atoms with Gasteiger partial charge in [0.2, 0.25) is 11.8 Å². The van der Waals surface area contributed by atoms with E-state index in [2.05, 4.69) is 22.8 Å². The second-order valence-corrected chi connectivity index (χ2v) is 7.11. The average molecular weight is 418 g/mol. The summed E-state index contributed by atoms with van der Waals surface area (Å²) < 4.78 is 5.92. The fraction of sp³-hybridized carbons (Fsp3) is 0.240. The largest absolute Gasteiger partial charge is 0.493 e. The molecule has 0 saturated carbocycles. The molecule has 0 heterocycles. The quantitative estimate of drug-likeness (QED) is 0.280. The molecule has 0 bridgehead atoms. The number of para-hydroxylation sites is 1. The Morgan fingerprint density at radius 1 is 0.935 bits per heavy atom. The number of carbonyl (C=O) groups excluding carboxylic acids is 2. The number of ether oxygens (including phenoxy) is 1. The van der Waals surface area contributed by atoms with E-state index in [0.29, 0.717) is 12.3 Å². The van der Waals surface area contributed by atoms with E-state index >= 15 is 0 Å². The van der Waals surface area contributed by atoms with Gasteiger partial charge in [-0.2, -0.15) is 5.10 Å². The lowest BCUT2D eigenvalue weighted by atomic mass is 10.0. The molecule has 0 unspecified atom stereocenters. The molecule has 0 aliphatic carbocycles. The van der Waals surface area contributed by atoms with Crippen molar-refractivity contribution in [2.45, 2.75) is 32.6 Å². The molecular formula is C25H27N3O3. The van der Waals surface area contributed by atoms with Crippen LogP contribution in [0.1, 0.15) is 38.2 Å². The normalized spacial score (nSPS) is 10.9. The lowest BCUT2D eigenvalue weighted by molar-refractivity contribution is -0.124. The van der Waals surface area contributed by atoms with E-state index in [4.69, 9.17) is 4.74 Å². The highest BCUT2D eigenvalue weighted by Crippen LogP contribution is 2.27. The fourth-order valence-corrected chi connectivity index (χ4v) is 3.06. The van der Waals surface area contributed by atoms with Gasteiger partial charge in [-0.05, 0) is 35.4 Å². The number of amides is 2. The SMILES string of the molecule is CCCCOc1ccc2ccccc2c1C=NNC(=O)CCC(=O)Nc1ccccc1. The van der Waals surface area contributed by atoms with Gasteiger partial charge in [-0.3, -0.25) is 9.59 Å². The summed E-state index contributed by atoms with van der Waals surface area (Å²) >= 11 is 0. The summed E-state index contributed by atoms with van der Waals surface area (Å²) in [5, 5.41) is 8.93. The number of hydrogen-bond acceptors (Lipinski definition) is 4. The molecule has 0 atom stereocenters. The third-order valence-corrected chi connectivity index (χ3v) is 4.71. The Balaban J connectivity index is 1.59. The van der Waals surface area contributed by atoms with Crippen molar-refractivity contribution >= 4 is 34.5 Å². The van der Waals surface area contributed by atoms with Crippen LogP contribution in [-0.2, 0) is 9.59 Å². The van der Waals surface area contributed by atoms with Gasteiger partial charge in [-0.1, -0.05) is 61.9 Å². The summed E-state index contributed by atoms with van der Waals surface area (Å²) in [5.74, 6) is 0.187. The zero-order valence-corrected chi connectivity index (χ0v) is 17.6. The lowest BCUT2D eigenvalue weighted by Gasteiger charge is -2.11. The van der Waals surface area contributed by atoms with Crippen LogP contribution in [0.2, 0.25) is 0 Å². The fourth-order valence-electron chi connectivity index (χ4n) is 3.06. The predicted molar refractivity (Wildman–Crippen MR) is 124 cm³/mol. The summed E-state index contributed by atoms with van der Waals surface area (Å²) in [4.78, 5) is 24.1. The van der Waals surface area contributed by atoms with Gasteiger partial charge in [0, 0.05) is 24.1 Å². The summed E-state index contributed by atoms with van der Waals surface area (Å²) in [6.45, 7) is 2.74.